The highest BCUT2D eigenvalue weighted by Crippen LogP contribution is 2.37. The van der Waals surface area contributed by atoms with Crippen LogP contribution in [-0.4, -0.2) is 32.2 Å². The third-order valence-electron chi connectivity index (χ3n) is 5.80. The van der Waals surface area contributed by atoms with Crippen LogP contribution >= 0.6 is 0 Å². The van der Waals surface area contributed by atoms with Crippen molar-refractivity contribution in [2.75, 3.05) is 19.5 Å². The van der Waals surface area contributed by atoms with Crippen LogP contribution in [0.25, 0.3) is 22.3 Å². The number of ether oxygens (including phenoxy) is 2. The normalized spacial score (nSPS) is 14.3. The molecule has 0 aliphatic heterocycles. The molecule has 168 valence electrons. The second-order valence-corrected chi connectivity index (χ2v) is 7.95. The first-order valence-electron chi connectivity index (χ1n) is 10.6. The third kappa shape index (κ3) is 3.88. The quantitative estimate of drug-likeness (QED) is 0.571. The molecular weight excluding hydrogens is 414 g/mol. The van der Waals surface area contributed by atoms with Crippen LogP contribution in [0.4, 0.5) is 5.88 Å². The van der Waals surface area contributed by atoms with E-state index in [0.29, 0.717) is 11.0 Å². The van der Waals surface area contributed by atoms with Crippen molar-refractivity contribution in [1.82, 2.24) is 0 Å². The minimum absolute atomic E-state index is 0.0188. The van der Waals surface area contributed by atoms with E-state index in [2.05, 4.69) is 5.32 Å². The van der Waals surface area contributed by atoms with Gasteiger partial charge in [-0.2, -0.15) is 0 Å². The van der Waals surface area contributed by atoms with Crippen LogP contribution in [0.3, 0.4) is 0 Å². The lowest BCUT2D eigenvalue weighted by Gasteiger charge is -2.22. The van der Waals surface area contributed by atoms with Crippen LogP contribution in [0.1, 0.15) is 58.4 Å². The summed E-state index contributed by atoms with van der Waals surface area (Å²) < 4.78 is 21.4. The molecule has 3 aromatic rings. The van der Waals surface area contributed by atoms with Gasteiger partial charge in [-0.05, 0) is 31.9 Å². The molecule has 1 aliphatic rings. The van der Waals surface area contributed by atoms with Crippen LogP contribution in [0.2, 0.25) is 0 Å². The third-order valence-corrected chi connectivity index (χ3v) is 5.80. The number of fused-ring (bicyclic) bond motifs is 1. The van der Waals surface area contributed by atoms with Crippen molar-refractivity contribution >= 4 is 28.8 Å². The maximum Gasteiger partial charge on any atom is 0.344 e. The molecule has 32 heavy (non-hydrogen) atoms. The molecule has 2 aromatic heterocycles. The monoisotopic (exact) mass is 439 g/mol. The van der Waals surface area contributed by atoms with Gasteiger partial charge in [-0.3, -0.25) is 4.79 Å². The van der Waals surface area contributed by atoms with E-state index < -0.39 is 11.9 Å². The van der Waals surface area contributed by atoms with Gasteiger partial charge in [0, 0.05) is 6.04 Å². The van der Waals surface area contributed by atoms with Crippen LogP contribution in [0.5, 0.6) is 0 Å². The summed E-state index contributed by atoms with van der Waals surface area (Å²) in [5, 5.41) is 3.58. The number of furan rings is 1. The molecule has 0 radical (unpaired) electrons. The molecule has 8 nitrogen and oxygen atoms in total. The highest BCUT2D eigenvalue weighted by Gasteiger charge is 2.34. The fraction of sp³-hybridized carbons (Fsp3) is 0.375. The molecule has 0 amide bonds. The van der Waals surface area contributed by atoms with Gasteiger partial charge in [0.25, 0.3) is 0 Å². The number of rotatable bonds is 5. The zero-order valence-electron chi connectivity index (χ0n) is 18.3. The van der Waals surface area contributed by atoms with Gasteiger partial charge in [-0.15, -0.1) is 0 Å². The minimum Gasteiger partial charge on any atom is -0.465 e. The summed E-state index contributed by atoms with van der Waals surface area (Å²) in [6.45, 7) is 1.86. The highest BCUT2D eigenvalue weighted by atomic mass is 16.5. The molecule has 0 unspecified atom stereocenters. The first kappa shape index (κ1) is 21.7. The number of methoxy groups -OCH3 is 2. The average molecular weight is 439 g/mol. The number of anilines is 1. The lowest BCUT2D eigenvalue weighted by Crippen LogP contribution is -2.23. The van der Waals surface area contributed by atoms with Gasteiger partial charge in [-0.25, -0.2) is 9.59 Å². The van der Waals surface area contributed by atoms with Gasteiger partial charge in [0.05, 0.1) is 19.6 Å². The van der Waals surface area contributed by atoms with Gasteiger partial charge in [-0.1, -0.05) is 30.9 Å². The molecule has 0 saturated heterocycles. The van der Waals surface area contributed by atoms with Gasteiger partial charge in [0.15, 0.2) is 5.76 Å². The van der Waals surface area contributed by atoms with E-state index in [1.165, 1.54) is 20.5 Å². The van der Waals surface area contributed by atoms with Crippen molar-refractivity contribution in [3.63, 3.8) is 0 Å². The Kier molecular flexibility index (Phi) is 6.03. The van der Waals surface area contributed by atoms with E-state index >= 15 is 0 Å². The van der Waals surface area contributed by atoms with Gasteiger partial charge < -0.3 is 23.6 Å². The fourth-order valence-corrected chi connectivity index (χ4v) is 4.15. The zero-order chi connectivity index (χ0) is 22.8. The van der Waals surface area contributed by atoms with E-state index in [-0.39, 0.29) is 39.8 Å². The number of carbonyl (C=O) groups is 2. The molecule has 1 fully saturated rings. The Morgan fingerprint density at radius 3 is 2.41 bits per heavy atom. The van der Waals surface area contributed by atoms with Crippen LogP contribution in [0, 0.1) is 6.92 Å². The molecular formula is C24H25NO7. The van der Waals surface area contributed by atoms with Crippen molar-refractivity contribution in [3.05, 3.63) is 51.4 Å². The number of hydrogen-bond acceptors (Lipinski definition) is 8. The molecule has 1 aromatic carbocycles. The Bertz CT molecular complexity index is 1230. The Morgan fingerprint density at radius 1 is 1.03 bits per heavy atom. The SMILES string of the molecule is COC(=O)c1c(NC2CCCCC2)oc(-c2coc3ccc(C)cc3c2=O)c1C(=O)OC. The van der Waals surface area contributed by atoms with E-state index in [4.69, 9.17) is 18.3 Å². The molecule has 8 heteroatoms. The largest absolute Gasteiger partial charge is 0.465 e. The number of nitrogens with one attached hydrogen (secondary N) is 1. The summed E-state index contributed by atoms with van der Waals surface area (Å²) in [4.78, 5) is 38.7. The van der Waals surface area contributed by atoms with E-state index in [0.717, 1.165) is 37.7 Å². The number of benzene rings is 1. The predicted octanol–water partition coefficient (Wildman–Crippen LogP) is 4.68. The summed E-state index contributed by atoms with van der Waals surface area (Å²) in [5.74, 6) is -1.58. The lowest BCUT2D eigenvalue weighted by atomic mass is 9.95. The Morgan fingerprint density at radius 2 is 1.72 bits per heavy atom. The molecule has 0 bridgehead atoms. The molecule has 0 spiro atoms. The van der Waals surface area contributed by atoms with Gasteiger partial charge >= 0.3 is 11.9 Å². The fourth-order valence-electron chi connectivity index (χ4n) is 4.15. The average Bonchev–Trinajstić information content (AvgIpc) is 3.18. The smallest absolute Gasteiger partial charge is 0.344 e. The van der Waals surface area contributed by atoms with Gasteiger partial charge in [0.2, 0.25) is 11.3 Å². The minimum atomic E-state index is -0.815. The summed E-state index contributed by atoms with van der Waals surface area (Å²) in [7, 11) is 2.41. The number of esters is 2. The van der Waals surface area contributed by atoms with Crippen molar-refractivity contribution < 1.29 is 27.9 Å². The summed E-state index contributed by atoms with van der Waals surface area (Å²) >= 11 is 0. The Hall–Kier alpha value is -3.55. The standard InChI is InChI=1S/C24H25NO7/c1-13-9-10-17-15(11-13)20(26)16(12-31-17)21-18(23(27)29-2)19(24(28)30-3)22(32-21)25-14-7-5-4-6-8-14/h9-12,14,25H,4-8H2,1-3H3. The molecule has 1 aliphatic carbocycles. The number of hydrogen-bond donors (Lipinski definition) is 1. The molecule has 1 N–H and O–H groups in total. The van der Waals surface area contributed by atoms with E-state index in [9.17, 15) is 14.4 Å². The van der Waals surface area contributed by atoms with Crippen LogP contribution in [0.15, 0.2) is 38.1 Å². The number of aryl methyl sites for hydroxylation is 1. The lowest BCUT2D eigenvalue weighted by molar-refractivity contribution is 0.0558. The predicted molar refractivity (Wildman–Crippen MR) is 118 cm³/mol. The topological polar surface area (TPSA) is 108 Å². The van der Waals surface area contributed by atoms with Crippen LogP contribution in [-0.2, 0) is 9.47 Å². The van der Waals surface area contributed by atoms with Crippen molar-refractivity contribution in [3.8, 4) is 11.3 Å². The van der Waals surface area contributed by atoms with Crippen molar-refractivity contribution in [2.24, 2.45) is 0 Å². The highest BCUT2D eigenvalue weighted by molar-refractivity contribution is 6.10. The maximum absolute atomic E-state index is 13.3. The second kappa shape index (κ2) is 8.90. The van der Waals surface area contributed by atoms with E-state index in [1.54, 1.807) is 12.1 Å². The molecule has 4 rings (SSSR count). The number of carbonyl (C=O) groups excluding carboxylic acids is 2. The maximum atomic E-state index is 13.3. The van der Waals surface area contributed by atoms with Crippen LogP contribution < -0.4 is 10.7 Å². The Labute approximate surface area is 184 Å². The summed E-state index contributed by atoms with van der Waals surface area (Å²) in [6, 6.07) is 5.31. The summed E-state index contributed by atoms with van der Waals surface area (Å²) in [5.41, 5.74) is 0.661. The molecule has 2 heterocycles. The molecule has 0 atom stereocenters. The van der Waals surface area contributed by atoms with Crippen molar-refractivity contribution in [2.45, 2.75) is 45.1 Å². The second-order valence-electron chi connectivity index (χ2n) is 7.95. The van der Waals surface area contributed by atoms with Gasteiger partial charge in [0.1, 0.15) is 28.5 Å². The zero-order valence-corrected chi connectivity index (χ0v) is 18.3. The van der Waals surface area contributed by atoms with E-state index in [1.807, 2.05) is 13.0 Å². The molecule has 1 saturated carbocycles. The Balaban J connectivity index is 1.94. The first-order valence-corrected chi connectivity index (χ1v) is 10.6. The van der Waals surface area contributed by atoms with Crippen molar-refractivity contribution in [1.29, 1.82) is 0 Å². The first-order chi connectivity index (χ1) is 15.4. The summed E-state index contributed by atoms with van der Waals surface area (Å²) in [6.07, 6.45) is 6.29.